The molecule has 1 unspecified atom stereocenters. The molecule has 0 fully saturated rings. The normalized spacial score (nSPS) is 15.6. The van der Waals surface area contributed by atoms with Gasteiger partial charge in [-0.05, 0) is 42.4 Å². The molecule has 0 radical (unpaired) electrons. The molecular weight excluding hydrogens is 340 g/mol. The quantitative estimate of drug-likeness (QED) is 0.703. The van der Waals surface area contributed by atoms with Crippen molar-refractivity contribution in [1.29, 1.82) is 0 Å². The van der Waals surface area contributed by atoms with E-state index in [-0.39, 0.29) is 11.9 Å². The van der Waals surface area contributed by atoms with Gasteiger partial charge in [0.1, 0.15) is 5.92 Å². The molecule has 3 aromatic rings. The molecule has 4 rings (SSSR count). The van der Waals surface area contributed by atoms with Gasteiger partial charge in [0.2, 0.25) is 0 Å². The van der Waals surface area contributed by atoms with E-state index in [4.69, 9.17) is 0 Å². The predicted octanol–water partition coefficient (Wildman–Crippen LogP) is 3.38. The highest BCUT2D eigenvalue weighted by atomic mass is 16.2. The first-order chi connectivity index (χ1) is 13.1. The Balaban J connectivity index is 1.49. The summed E-state index contributed by atoms with van der Waals surface area (Å²) in [5.41, 5.74) is 4.86. The molecule has 1 aliphatic heterocycles. The summed E-state index contributed by atoms with van der Waals surface area (Å²) in [4.78, 5) is 21.3. The summed E-state index contributed by atoms with van der Waals surface area (Å²) in [6.45, 7) is 2.00. The van der Waals surface area contributed by atoms with Gasteiger partial charge in [0.25, 0.3) is 0 Å². The smallest absolute Gasteiger partial charge is 0.308 e. The maximum atomic E-state index is 12.2. The number of aryl methyl sites for hydroxylation is 1. The number of hydrazone groups is 1. The second-order valence-electron chi connectivity index (χ2n) is 6.46. The minimum Gasteiger partial charge on any atom is -0.308 e. The van der Waals surface area contributed by atoms with Gasteiger partial charge in [-0.2, -0.15) is 0 Å². The lowest BCUT2D eigenvalue weighted by atomic mass is 10.1. The summed E-state index contributed by atoms with van der Waals surface area (Å²) in [7, 11) is 1.88. The molecule has 0 aliphatic carbocycles. The van der Waals surface area contributed by atoms with Gasteiger partial charge in [0, 0.05) is 11.4 Å². The highest BCUT2D eigenvalue weighted by Gasteiger charge is 2.19. The van der Waals surface area contributed by atoms with Crippen molar-refractivity contribution in [2.45, 2.75) is 12.8 Å². The van der Waals surface area contributed by atoms with Gasteiger partial charge in [-0.3, -0.25) is 4.98 Å². The molecular formula is C20H19N6O+. The van der Waals surface area contributed by atoms with E-state index in [1.165, 1.54) is 0 Å². The number of hydrogen-bond acceptors (Lipinski definition) is 4. The highest BCUT2D eigenvalue weighted by Crippen LogP contribution is 2.19. The van der Waals surface area contributed by atoms with Crippen LogP contribution in [0.3, 0.4) is 0 Å². The molecule has 2 amide bonds. The van der Waals surface area contributed by atoms with Gasteiger partial charge in [-0.1, -0.05) is 22.4 Å². The third-order valence-electron chi connectivity index (χ3n) is 4.26. The second kappa shape index (κ2) is 6.95. The number of anilines is 2. The molecule has 7 nitrogen and oxygen atoms in total. The lowest BCUT2D eigenvalue weighted by Crippen LogP contribution is -2.19. The molecule has 0 saturated carbocycles. The third-order valence-corrected chi connectivity index (χ3v) is 4.26. The average Bonchev–Trinajstić information content (AvgIpc) is 3.09. The lowest BCUT2D eigenvalue weighted by Gasteiger charge is -2.09. The van der Waals surface area contributed by atoms with Crippen molar-refractivity contribution in [3.8, 4) is 0 Å². The maximum Gasteiger partial charge on any atom is 0.323 e. The molecule has 2 aromatic carbocycles. The Kier molecular flexibility index (Phi) is 4.33. The van der Waals surface area contributed by atoms with Gasteiger partial charge in [-0.25, -0.2) is 9.78 Å². The Morgan fingerprint density at radius 1 is 1.04 bits per heavy atom. The molecule has 2 N–H and O–H groups in total. The zero-order valence-electron chi connectivity index (χ0n) is 15.0. The zero-order valence-corrected chi connectivity index (χ0v) is 15.0. The first-order valence-electron chi connectivity index (χ1n) is 8.60. The lowest BCUT2D eigenvalue weighted by molar-refractivity contribution is -0.494. The van der Waals surface area contributed by atoms with Crippen LogP contribution in [-0.4, -0.2) is 40.2 Å². The molecule has 27 heavy (non-hydrogen) atoms. The van der Waals surface area contributed by atoms with Crippen LogP contribution in [0, 0.1) is 6.92 Å². The monoisotopic (exact) mass is 359 g/mol. The third kappa shape index (κ3) is 3.82. The summed E-state index contributed by atoms with van der Waals surface area (Å²) in [6.07, 6.45) is 5.55. The Morgan fingerprint density at radius 2 is 1.78 bits per heavy atom. The van der Waals surface area contributed by atoms with Crippen molar-refractivity contribution >= 4 is 40.9 Å². The Bertz CT molecular complexity index is 1070. The van der Waals surface area contributed by atoms with Gasteiger partial charge in [0.05, 0.1) is 29.1 Å². The number of urea groups is 1. The van der Waals surface area contributed by atoms with Gasteiger partial charge < -0.3 is 10.6 Å². The SMILES string of the molecule is Cc1ccc(NC(=O)Nc2ccc3nc(C4C=N[N+](C)=C4)cnc3c2)cc1. The topological polar surface area (TPSA) is 82.3 Å². The van der Waals surface area contributed by atoms with Crippen molar-refractivity contribution in [2.75, 3.05) is 17.7 Å². The molecule has 134 valence electrons. The van der Waals surface area contributed by atoms with Crippen molar-refractivity contribution in [3.05, 3.63) is 59.9 Å². The van der Waals surface area contributed by atoms with Crippen molar-refractivity contribution in [1.82, 2.24) is 9.97 Å². The van der Waals surface area contributed by atoms with Crippen LogP contribution in [0.15, 0.2) is 53.8 Å². The number of rotatable bonds is 3. The van der Waals surface area contributed by atoms with E-state index >= 15 is 0 Å². The van der Waals surface area contributed by atoms with Crippen LogP contribution < -0.4 is 10.6 Å². The number of hydrogen-bond donors (Lipinski definition) is 2. The molecule has 1 atom stereocenters. The highest BCUT2D eigenvalue weighted by molar-refractivity contribution is 6.00. The number of nitrogens with one attached hydrogen (secondary N) is 2. The van der Waals surface area contributed by atoms with E-state index in [9.17, 15) is 4.79 Å². The van der Waals surface area contributed by atoms with E-state index in [0.29, 0.717) is 5.69 Å². The minimum atomic E-state index is -0.303. The largest absolute Gasteiger partial charge is 0.323 e. The summed E-state index contributed by atoms with van der Waals surface area (Å²) < 4.78 is 1.76. The fourth-order valence-corrected chi connectivity index (χ4v) is 2.83. The Morgan fingerprint density at radius 3 is 2.52 bits per heavy atom. The summed E-state index contributed by atoms with van der Waals surface area (Å²) in [6, 6.07) is 12.8. The molecule has 2 heterocycles. The van der Waals surface area contributed by atoms with E-state index in [0.717, 1.165) is 28.0 Å². The van der Waals surface area contributed by atoms with Crippen molar-refractivity contribution < 1.29 is 9.48 Å². The number of benzene rings is 2. The van der Waals surface area contributed by atoms with Gasteiger partial charge in [0.15, 0.2) is 13.3 Å². The van der Waals surface area contributed by atoms with Crippen LogP contribution in [0.5, 0.6) is 0 Å². The number of carbonyl (C=O) groups excluding carboxylic acids is 1. The van der Waals surface area contributed by atoms with Crippen molar-refractivity contribution in [2.24, 2.45) is 5.10 Å². The van der Waals surface area contributed by atoms with Gasteiger partial charge in [-0.15, -0.1) is 0 Å². The standard InChI is InChI=1S/C20H18N6O/c1-13-3-5-15(6-4-13)23-20(27)24-16-7-8-17-18(9-16)21-11-19(25-17)14-10-22-26(2)12-14/h3-12,14H,1-2H3,(H-,21,23,24,27)/p+1. The molecule has 0 bridgehead atoms. The second-order valence-corrected chi connectivity index (χ2v) is 6.46. The number of nitrogens with zero attached hydrogens (tertiary/aromatic N) is 4. The summed E-state index contributed by atoms with van der Waals surface area (Å²) >= 11 is 0. The number of amides is 2. The number of aromatic nitrogens is 2. The fourth-order valence-electron chi connectivity index (χ4n) is 2.83. The van der Waals surface area contributed by atoms with E-state index < -0.39 is 0 Å². The number of fused-ring (bicyclic) bond motifs is 1. The maximum absolute atomic E-state index is 12.2. The molecule has 0 saturated heterocycles. The van der Waals surface area contributed by atoms with Crippen LogP contribution in [0.1, 0.15) is 17.2 Å². The first kappa shape index (κ1) is 16.8. The van der Waals surface area contributed by atoms with E-state index in [1.807, 2.05) is 62.8 Å². The van der Waals surface area contributed by atoms with Crippen LogP contribution >= 0.6 is 0 Å². The molecule has 1 aliphatic rings. The van der Waals surface area contributed by atoms with Crippen LogP contribution in [0.4, 0.5) is 16.2 Å². The van der Waals surface area contributed by atoms with Crippen molar-refractivity contribution in [3.63, 3.8) is 0 Å². The minimum absolute atomic E-state index is 0.0324. The van der Waals surface area contributed by atoms with E-state index in [1.54, 1.807) is 16.9 Å². The number of carbonyl (C=O) groups is 1. The van der Waals surface area contributed by atoms with Crippen LogP contribution in [0.2, 0.25) is 0 Å². The summed E-state index contributed by atoms with van der Waals surface area (Å²) in [5, 5.41) is 9.82. The Labute approximate surface area is 156 Å². The van der Waals surface area contributed by atoms with E-state index in [2.05, 4.69) is 25.7 Å². The molecule has 7 heteroatoms. The van der Waals surface area contributed by atoms with Gasteiger partial charge >= 0.3 is 6.03 Å². The van der Waals surface area contributed by atoms with Crippen LogP contribution in [-0.2, 0) is 0 Å². The molecule has 0 spiro atoms. The van der Waals surface area contributed by atoms with Crippen LogP contribution in [0.25, 0.3) is 11.0 Å². The predicted molar refractivity (Wildman–Crippen MR) is 107 cm³/mol. The fraction of sp³-hybridized carbons (Fsp3) is 0.150. The average molecular weight is 359 g/mol. The molecule has 1 aromatic heterocycles. The first-order valence-corrected chi connectivity index (χ1v) is 8.60. The summed E-state index contributed by atoms with van der Waals surface area (Å²) in [5.74, 6) is 0.0324. The zero-order chi connectivity index (χ0) is 18.8. The Hall–Kier alpha value is -3.61.